The van der Waals surface area contributed by atoms with E-state index in [9.17, 15) is 0 Å². The van der Waals surface area contributed by atoms with E-state index in [0.717, 1.165) is 19.3 Å². The molecule has 7 heteroatoms. The summed E-state index contributed by atoms with van der Waals surface area (Å²) in [5.41, 5.74) is 0. The second-order valence-corrected chi connectivity index (χ2v) is 8.01. The maximum absolute atomic E-state index is 8.63. The van der Waals surface area contributed by atoms with Crippen LogP contribution in [0.15, 0.2) is 111 Å². The van der Waals surface area contributed by atoms with Crippen molar-refractivity contribution in [2.75, 3.05) is 0 Å². The highest BCUT2D eigenvalue weighted by atomic mass is 79.9. The topological polar surface area (TPSA) is 55.2 Å². The number of hydrogen-bond donors (Lipinski definition) is 1. The Bertz CT molecular complexity index is 933. The van der Waals surface area contributed by atoms with Crippen LogP contribution in [0.1, 0.15) is 27.7 Å². The third-order valence-corrected chi connectivity index (χ3v) is 4.52. The fourth-order valence-electron chi connectivity index (χ4n) is 1.82. The van der Waals surface area contributed by atoms with E-state index in [1.165, 1.54) is 0 Å². The van der Waals surface area contributed by atoms with Gasteiger partial charge < -0.3 is 9.84 Å². The van der Waals surface area contributed by atoms with Gasteiger partial charge in [0.15, 0.2) is 0 Å². The van der Waals surface area contributed by atoms with Gasteiger partial charge in [-0.2, -0.15) is 0 Å². The van der Waals surface area contributed by atoms with Gasteiger partial charge in [-0.05, 0) is 90.3 Å². The molecule has 4 rings (SSSR count). The van der Waals surface area contributed by atoms with E-state index in [0.29, 0.717) is 11.6 Å². The third-order valence-electron chi connectivity index (χ3n) is 3.11. The highest BCUT2D eigenvalue weighted by Crippen LogP contribution is 2.19. The first-order valence-corrected chi connectivity index (χ1v) is 12.8. The molecule has 0 saturated carbocycles. The van der Waals surface area contributed by atoms with Gasteiger partial charge in [-0.15, -0.1) is 0 Å². The number of para-hydroxylation sites is 2. The fraction of sp³-hybridized carbons (Fsp3) is 0.154. The van der Waals surface area contributed by atoms with Crippen molar-refractivity contribution in [1.82, 2.24) is 9.97 Å². The first-order valence-electron chi connectivity index (χ1n) is 10.4. The Hall–Kier alpha value is -2.22. The molecule has 0 amide bonds. The molecule has 1 N–H and O–H groups in total. The second kappa shape index (κ2) is 20.4. The lowest BCUT2D eigenvalue weighted by atomic mass is 10.3. The number of aromatic nitrogens is 2. The Morgan fingerprint density at radius 2 is 1.09 bits per heavy atom. The Balaban J connectivity index is 0.000000462. The summed E-state index contributed by atoms with van der Waals surface area (Å²) >= 11 is 9.79. The van der Waals surface area contributed by atoms with Crippen molar-refractivity contribution in [2.45, 2.75) is 27.7 Å². The Morgan fingerprint density at radius 1 is 0.606 bits per heavy atom. The van der Waals surface area contributed by atoms with Crippen molar-refractivity contribution in [3.05, 3.63) is 111 Å². The minimum atomic E-state index is 0.322. The van der Waals surface area contributed by atoms with Crippen molar-refractivity contribution in [1.29, 1.82) is 0 Å². The van der Waals surface area contributed by atoms with Crippen LogP contribution in [0, 0.1) is 0 Å². The van der Waals surface area contributed by atoms with Crippen molar-refractivity contribution in [3.8, 4) is 17.4 Å². The molecule has 176 valence electrons. The molecular formula is C26H29Br3N2O2. The number of nitrogens with zero attached hydrogens (tertiary/aromatic N) is 2. The Labute approximate surface area is 222 Å². The maximum Gasteiger partial charge on any atom is 0.219 e. The first-order chi connectivity index (χ1) is 16.0. The lowest BCUT2D eigenvalue weighted by Crippen LogP contribution is -1.86. The van der Waals surface area contributed by atoms with E-state index in [4.69, 9.17) is 9.84 Å². The van der Waals surface area contributed by atoms with Gasteiger partial charge in [0.25, 0.3) is 0 Å². The van der Waals surface area contributed by atoms with Crippen molar-refractivity contribution >= 4 is 47.8 Å². The molecule has 2 heterocycles. The van der Waals surface area contributed by atoms with Gasteiger partial charge in [0, 0.05) is 27.4 Å². The normalized spacial score (nSPS) is 8.58. The summed E-state index contributed by atoms with van der Waals surface area (Å²) in [5, 5.41) is 8.63. The van der Waals surface area contributed by atoms with E-state index in [1.807, 2.05) is 88.4 Å². The minimum Gasteiger partial charge on any atom is -0.508 e. The van der Waals surface area contributed by atoms with Crippen LogP contribution in [0.2, 0.25) is 0 Å². The molecule has 2 aromatic carbocycles. The number of phenols is 1. The molecule has 2 aromatic heterocycles. The highest BCUT2D eigenvalue weighted by molar-refractivity contribution is 9.11. The van der Waals surface area contributed by atoms with Gasteiger partial charge in [0.05, 0.1) is 0 Å². The molecule has 0 atom stereocenters. The van der Waals surface area contributed by atoms with E-state index >= 15 is 0 Å². The van der Waals surface area contributed by atoms with Crippen molar-refractivity contribution in [2.24, 2.45) is 0 Å². The summed E-state index contributed by atoms with van der Waals surface area (Å²) in [4.78, 5) is 8.05. The molecule has 0 aliphatic carbocycles. The zero-order chi connectivity index (χ0) is 24.9. The third kappa shape index (κ3) is 16.1. The minimum absolute atomic E-state index is 0.322. The lowest BCUT2D eigenvalue weighted by molar-refractivity contribution is 0.463. The van der Waals surface area contributed by atoms with Crippen LogP contribution in [0.3, 0.4) is 0 Å². The number of benzene rings is 2. The van der Waals surface area contributed by atoms with E-state index < -0.39 is 0 Å². The van der Waals surface area contributed by atoms with Gasteiger partial charge in [-0.25, -0.2) is 9.97 Å². The fourth-order valence-corrected chi connectivity index (χ4v) is 2.52. The maximum atomic E-state index is 8.63. The van der Waals surface area contributed by atoms with Gasteiger partial charge in [-0.3, -0.25) is 0 Å². The predicted molar refractivity (Wildman–Crippen MR) is 149 cm³/mol. The van der Waals surface area contributed by atoms with Crippen LogP contribution in [0.5, 0.6) is 17.4 Å². The molecule has 0 aliphatic rings. The molecule has 4 nitrogen and oxygen atoms in total. The Kier molecular flexibility index (Phi) is 19.0. The number of aromatic hydroxyl groups is 1. The van der Waals surface area contributed by atoms with Crippen LogP contribution in [0.4, 0.5) is 0 Å². The molecule has 0 fully saturated rings. The quantitative estimate of drug-likeness (QED) is 0.222. The first kappa shape index (κ1) is 30.8. The molecule has 0 unspecified atom stereocenters. The standard InChI is InChI=1S/C11H8BrNO.C6H6O.C5H3Br2N.2C2H6/c12-9-6-7-11(13-8-9)14-10-4-2-1-3-5-10;7-6-4-2-1-3-5-6;6-4-1-2-5(7)8-3-4;2*1-2/h1-8H;1-5,7H;1-3H;2*1-2H3. The number of rotatable bonds is 2. The highest BCUT2D eigenvalue weighted by Gasteiger charge is 1.96. The number of phenolic OH excluding ortho intramolecular Hbond substituents is 1. The SMILES string of the molecule is Brc1ccc(Br)nc1.Brc1ccc(Oc2ccccc2)nc1.CC.CC.Oc1ccccc1. The van der Waals surface area contributed by atoms with E-state index in [2.05, 4.69) is 57.8 Å². The molecule has 0 aliphatic heterocycles. The number of ether oxygens (including phenoxy) is 1. The van der Waals surface area contributed by atoms with Gasteiger partial charge in [0.1, 0.15) is 16.1 Å². The lowest BCUT2D eigenvalue weighted by Gasteiger charge is -2.03. The summed E-state index contributed by atoms with van der Waals surface area (Å²) in [6.07, 6.45) is 3.45. The predicted octanol–water partition coefficient (Wildman–Crippen LogP) is 9.69. The molecule has 0 spiro atoms. The zero-order valence-corrected chi connectivity index (χ0v) is 23.9. The van der Waals surface area contributed by atoms with E-state index in [1.54, 1.807) is 36.7 Å². The van der Waals surface area contributed by atoms with Crippen LogP contribution in [-0.2, 0) is 0 Å². The van der Waals surface area contributed by atoms with Crippen molar-refractivity contribution < 1.29 is 9.84 Å². The van der Waals surface area contributed by atoms with Gasteiger partial charge in [0.2, 0.25) is 5.88 Å². The summed E-state index contributed by atoms with van der Waals surface area (Å²) in [5.74, 6) is 1.71. The molecule has 4 aromatic rings. The molecule has 0 bridgehead atoms. The van der Waals surface area contributed by atoms with Gasteiger partial charge >= 0.3 is 0 Å². The van der Waals surface area contributed by atoms with Crippen molar-refractivity contribution in [3.63, 3.8) is 0 Å². The number of hydrogen-bond acceptors (Lipinski definition) is 4. The summed E-state index contributed by atoms with van der Waals surface area (Å²) in [6, 6.07) is 25.8. The molecule has 33 heavy (non-hydrogen) atoms. The summed E-state index contributed by atoms with van der Waals surface area (Å²) in [7, 11) is 0. The average Bonchev–Trinajstić information content (AvgIpc) is 2.87. The van der Waals surface area contributed by atoms with Crippen LogP contribution < -0.4 is 4.74 Å². The van der Waals surface area contributed by atoms with Crippen LogP contribution in [0.25, 0.3) is 0 Å². The largest absolute Gasteiger partial charge is 0.508 e. The summed E-state index contributed by atoms with van der Waals surface area (Å²) < 4.78 is 8.31. The molecule has 0 saturated heterocycles. The zero-order valence-electron chi connectivity index (χ0n) is 19.1. The molecule has 0 radical (unpaired) electrons. The second-order valence-electron chi connectivity index (χ2n) is 5.36. The van der Waals surface area contributed by atoms with Crippen LogP contribution >= 0.6 is 47.8 Å². The Morgan fingerprint density at radius 3 is 1.45 bits per heavy atom. The van der Waals surface area contributed by atoms with Gasteiger partial charge in [-0.1, -0.05) is 64.1 Å². The summed E-state index contributed by atoms with van der Waals surface area (Å²) in [6.45, 7) is 8.00. The van der Waals surface area contributed by atoms with Crippen LogP contribution in [-0.4, -0.2) is 15.1 Å². The average molecular weight is 641 g/mol. The number of halogens is 3. The number of pyridine rings is 2. The monoisotopic (exact) mass is 638 g/mol. The molecular weight excluding hydrogens is 612 g/mol. The van der Waals surface area contributed by atoms with E-state index in [-0.39, 0.29) is 0 Å². The smallest absolute Gasteiger partial charge is 0.219 e.